The fourth-order valence-corrected chi connectivity index (χ4v) is 2.96. The SMILES string of the molecule is O=C(NCCc1ccc([N+](=O)[O-])cc1)c1nc(-c2cccs2)nc(O)c1O. The van der Waals surface area contributed by atoms with Crippen molar-refractivity contribution >= 4 is 22.9 Å². The van der Waals surface area contributed by atoms with Crippen molar-refractivity contribution in [1.82, 2.24) is 15.3 Å². The van der Waals surface area contributed by atoms with E-state index in [-0.39, 0.29) is 23.8 Å². The lowest BCUT2D eigenvalue weighted by Gasteiger charge is -2.08. The topological polar surface area (TPSA) is 138 Å². The molecule has 3 N–H and O–H groups in total. The molecule has 1 aromatic carbocycles. The van der Waals surface area contributed by atoms with Gasteiger partial charge in [0.2, 0.25) is 5.75 Å². The van der Waals surface area contributed by atoms with Gasteiger partial charge in [-0.2, -0.15) is 4.98 Å². The van der Waals surface area contributed by atoms with Gasteiger partial charge >= 0.3 is 0 Å². The number of nitro benzene ring substituents is 1. The normalized spacial score (nSPS) is 10.5. The van der Waals surface area contributed by atoms with E-state index in [1.807, 2.05) is 0 Å². The largest absolute Gasteiger partial charge is 0.501 e. The van der Waals surface area contributed by atoms with Crippen LogP contribution in [0.1, 0.15) is 16.1 Å². The van der Waals surface area contributed by atoms with Crippen LogP contribution in [0.4, 0.5) is 5.69 Å². The number of carbonyl (C=O) groups is 1. The molecule has 9 nitrogen and oxygen atoms in total. The Kier molecular flexibility index (Phi) is 5.27. The highest BCUT2D eigenvalue weighted by Gasteiger charge is 2.20. The molecular formula is C17H14N4O5S. The van der Waals surface area contributed by atoms with E-state index in [1.165, 1.54) is 23.5 Å². The molecule has 3 rings (SSSR count). The Morgan fingerprint density at radius 2 is 1.93 bits per heavy atom. The third-order valence-electron chi connectivity index (χ3n) is 3.67. The smallest absolute Gasteiger partial charge is 0.274 e. The van der Waals surface area contributed by atoms with Crippen LogP contribution in [-0.4, -0.2) is 37.6 Å². The zero-order chi connectivity index (χ0) is 19.4. The highest BCUT2D eigenvalue weighted by atomic mass is 32.1. The number of nitrogens with zero attached hydrogens (tertiary/aromatic N) is 3. The number of nitro groups is 1. The molecule has 0 aliphatic rings. The summed E-state index contributed by atoms with van der Waals surface area (Å²) in [6, 6.07) is 9.49. The maximum Gasteiger partial charge on any atom is 0.274 e. The molecular weight excluding hydrogens is 372 g/mol. The Balaban J connectivity index is 1.68. The number of rotatable bonds is 6. The third-order valence-corrected chi connectivity index (χ3v) is 4.53. The number of benzene rings is 1. The van der Waals surface area contributed by atoms with Gasteiger partial charge in [-0.3, -0.25) is 14.9 Å². The Bertz CT molecular complexity index is 974. The van der Waals surface area contributed by atoms with Gasteiger partial charge < -0.3 is 15.5 Å². The second-order valence-electron chi connectivity index (χ2n) is 5.47. The molecule has 0 radical (unpaired) electrons. The minimum atomic E-state index is -0.692. The first-order valence-electron chi connectivity index (χ1n) is 7.81. The van der Waals surface area contributed by atoms with Gasteiger partial charge in [-0.05, 0) is 23.4 Å². The molecule has 0 spiro atoms. The molecule has 2 aromatic heterocycles. The summed E-state index contributed by atoms with van der Waals surface area (Å²) in [5.41, 5.74) is 0.467. The highest BCUT2D eigenvalue weighted by molar-refractivity contribution is 7.13. The number of non-ortho nitro benzene ring substituents is 1. The van der Waals surface area contributed by atoms with Crippen LogP contribution >= 0.6 is 11.3 Å². The summed E-state index contributed by atoms with van der Waals surface area (Å²) in [6.07, 6.45) is 0.430. The lowest BCUT2D eigenvalue weighted by atomic mass is 10.1. The molecule has 1 amide bonds. The van der Waals surface area contributed by atoms with E-state index in [2.05, 4.69) is 15.3 Å². The van der Waals surface area contributed by atoms with Gasteiger partial charge in [0.15, 0.2) is 11.5 Å². The summed E-state index contributed by atoms with van der Waals surface area (Å²) in [7, 11) is 0. The summed E-state index contributed by atoms with van der Waals surface area (Å²) in [6.45, 7) is 0.217. The van der Waals surface area contributed by atoms with Crippen LogP contribution < -0.4 is 5.32 Å². The number of thiophene rings is 1. The van der Waals surface area contributed by atoms with E-state index in [9.17, 15) is 25.1 Å². The van der Waals surface area contributed by atoms with Crippen molar-refractivity contribution in [2.24, 2.45) is 0 Å². The van der Waals surface area contributed by atoms with Gasteiger partial charge in [0.25, 0.3) is 17.5 Å². The minimum Gasteiger partial charge on any atom is -0.501 e. The average molecular weight is 386 g/mol. The number of carbonyl (C=O) groups excluding carboxylic acids is 1. The van der Waals surface area contributed by atoms with Crippen molar-refractivity contribution in [2.75, 3.05) is 6.54 Å². The van der Waals surface area contributed by atoms with E-state index in [0.29, 0.717) is 11.3 Å². The molecule has 10 heteroatoms. The molecule has 0 aliphatic carbocycles. The Morgan fingerprint density at radius 3 is 2.56 bits per heavy atom. The average Bonchev–Trinajstić information content (AvgIpc) is 3.19. The lowest BCUT2D eigenvalue weighted by Crippen LogP contribution is -2.27. The van der Waals surface area contributed by atoms with Gasteiger partial charge in [-0.15, -0.1) is 11.3 Å². The first kappa shape index (κ1) is 18.3. The molecule has 0 bridgehead atoms. The van der Waals surface area contributed by atoms with Crippen LogP contribution in [-0.2, 0) is 6.42 Å². The molecule has 0 saturated heterocycles. The summed E-state index contributed by atoms with van der Waals surface area (Å²) < 4.78 is 0. The number of hydrogen-bond donors (Lipinski definition) is 3. The second kappa shape index (κ2) is 7.79. The van der Waals surface area contributed by atoms with E-state index < -0.39 is 22.5 Å². The zero-order valence-corrected chi connectivity index (χ0v) is 14.6. The van der Waals surface area contributed by atoms with Crippen molar-refractivity contribution in [2.45, 2.75) is 6.42 Å². The third kappa shape index (κ3) is 4.18. The molecule has 2 heterocycles. The summed E-state index contributed by atoms with van der Waals surface area (Å²) in [5.74, 6) is -1.89. The zero-order valence-electron chi connectivity index (χ0n) is 13.8. The Morgan fingerprint density at radius 1 is 1.19 bits per heavy atom. The molecule has 0 saturated carbocycles. The van der Waals surface area contributed by atoms with Crippen LogP contribution in [0.5, 0.6) is 11.6 Å². The van der Waals surface area contributed by atoms with Gasteiger partial charge in [0, 0.05) is 18.7 Å². The lowest BCUT2D eigenvalue weighted by molar-refractivity contribution is -0.384. The molecule has 27 heavy (non-hydrogen) atoms. The summed E-state index contributed by atoms with van der Waals surface area (Å²) >= 11 is 1.33. The van der Waals surface area contributed by atoms with Crippen molar-refractivity contribution < 1.29 is 19.9 Å². The van der Waals surface area contributed by atoms with Gasteiger partial charge in [-0.25, -0.2) is 4.98 Å². The molecule has 0 fully saturated rings. The fourth-order valence-electron chi connectivity index (χ4n) is 2.31. The number of aromatic nitrogens is 2. The Hall–Kier alpha value is -3.53. The maximum atomic E-state index is 12.3. The van der Waals surface area contributed by atoms with Crippen LogP contribution in [0.25, 0.3) is 10.7 Å². The number of hydrogen-bond acceptors (Lipinski definition) is 8. The first-order chi connectivity index (χ1) is 13.0. The molecule has 138 valence electrons. The van der Waals surface area contributed by atoms with E-state index in [1.54, 1.807) is 29.6 Å². The molecule has 0 atom stereocenters. The first-order valence-corrected chi connectivity index (χ1v) is 8.69. The van der Waals surface area contributed by atoms with Crippen molar-refractivity contribution in [3.8, 4) is 22.3 Å². The molecule has 0 aliphatic heterocycles. The predicted molar refractivity (Wildman–Crippen MR) is 97.8 cm³/mol. The van der Waals surface area contributed by atoms with Crippen LogP contribution in [0.3, 0.4) is 0 Å². The van der Waals surface area contributed by atoms with E-state index >= 15 is 0 Å². The molecule has 0 unspecified atom stereocenters. The monoisotopic (exact) mass is 386 g/mol. The Labute approximate surface area is 157 Å². The van der Waals surface area contributed by atoms with Crippen molar-refractivity contribution in [1.29, 1.82) is 0 Å². The summed E-state index contributed by atoms with van der Waals surface area (Å²) in [5, 5.41) is 34.7. The number of amides is 1. The van der Waals surface area contributed by atoms with Crippen LogP contribution in [0.2, 0.25) is 0 Å². The maximum absolute atomic E-state index is 12.3. The van der Waals surface area contributed by atoms with Gasteiger partial charge in [-0.1, -0.05) is 18.2 Å². The van der Waals surface area contributed by atoms with Crippen LogP contribution in [0.15, 0.2) is 41.8 Å². The van der Waals surface area contributed by atoms with Gasteiger partial charge in [0.1, 0.15) is 0 Å². The van der Waals surface area contributed by atoms with Gasteiger partial charge in [0.05, 0.1) is 9.80 Å². The fraction of sp³-hybridized carbons (Fsp3) is 0.118. The van der Waals surface area contributed by atoms with Crippen molar-refractivity contribution in [3.05, 3.63) is 63.1 Å². The van der Waals surface area contributed by atoms with E-state index in [4.69, 9.17) is 0 Å². The number of nitrogens with one attached hydrogen (secondary N) is 1. The standard InChI is InChI=1S/C17H14N4O5S/c22-14-13(19-15(20-17(14)24)12-2-1-9-27-12)16(23)18-8-7-10-3-5-11(6-4-10)21(25)26/h1-6,9,22H,7-8H2,(H,18,23)(H,19,20,24). The predicted octanol–water partition coefficient (Wildman–Crippen LogP) is 2.50. The quantitative estimate of drug-likeness (QED) is 0.437. The minimum absolute atomic E-state index is 0.00900. The summed E-state index contributed by atoms with van der Waals surface area (Å²) in [4.78, 5) is 30.9. The highest BCUT2D eigenvalue weighted by Crippen LogP contribution is 2.30. The number of aromatic hydroxyl groups is 2. The van der Waals surface area contributed by atoms with E-state index in [0.717, 1.165) is 5.56 Å². The van der Waals surface area contributed by atoms with Crippen LogP contribution in [0, 0.1) is 10.1 Å². The second-order valence-corrected chi connectivity index (χ2v) is 6.42. The van der Waals surface area contributed by atoms with Crippen molar-refractivity contribution in [3.63, 3.8) is 0 Å². The molecule has 3 aromatic rings.